The Bertz CT molecular complexity index is 398. The van der Waals surface area contributed by atoms with Crippen molar-refractivity contribution in [2.45, 2.75) is 32.7 Å². The predicted octanol–water partition coefficient (Wildman–Crippen LogP) is 2.86. The Labute approximate surface area is 116 Å². The maximum atomic E-state index is 5.71. The summed E-state index contributed by atoms with van der Waals surface area (Å²) in [5.74, 6) is 4.30. The normalized spacial score (nSPS) is 11.6. The first-order chi connectivity index (χ1) is 9.31. The monoisotopic (exact) mass is 261 g/mol. The molecule has 0 radical (unpaired) electrons. The second kappa shape index (κ2) is 9.29. The molecule has 3 nitrogen and oxygen atoms in total. The van der Waals surface area contributed by atoms with Crippen LogP contribution in [0.2, 0.25) is 0 Å². The SMILES string of the molecule is C#CC(CCC)NCCOc1ccccc1OCC. The molecular formula is C16H23NO2. The molecule has 0 spiro atoms. The highest BCUT2D eigenvalue weighted by Crippen LogP contribution is 2.25. The summed E-state index contributed by atoms with van der Waals surface area (Å²) in [5.41, 5.74) is 0. The molecule has 1 unspecified atom stereocenters. The lowest BCUT2D eigenvalue weighted by atomic mass is 10.2. The number of hydrogen-bond donors (Lipinski definition) is 1. The van der Waals surface area contributed by atoms with Gasteiger partial charge in [0.15, 0.2) is 11.5 Å². The molecule has 0 bridgehead atoms. The van der Waals surface area contributed by atoms with Gasteiger partial charge in [-0.1, -0.05) is 31.4 Å². The second-order valence-corrected chi connectivity index (χ2v) is 4.19. The van der Waals surface area contributed by atoms with Gasteiger partial charge in [0, 0.05) is 6.54 Å². The number of rotatable bonds is 9. The van der Waals surface area contributed by atoms with Gasteiger partial charge in [-0.3, -0.25) is 0 Å². The van der Waals surface area contributed by atoms with E-state index in [-0.39, 0.29) is 6.04 Å². The quantitative estimate of drug-likeness (QED) is 0.548. The van der Waals surface area contributed by atoms with Gasteiger partial charge in [-0.15, -0.1) is 6.42 Å². The fourth-order valence-electron chi connectivity index (χ4n) is 1.77. The van der Waals surface area contributed by atoms with Crippen LogP contribution >= 0.6 is 0 Å². The second-order valence-electron chi connectivity index (χ2n) is 4.19. The minimum atomic E-state index is 0.135. The smallest absolute Gasteiger partial charge is 0.161 e. The lowest BCUT2D eigenvalue weighted by molar-refractivity contribution is 0.273. The molecule has 0 saturated heterocycles. The van der Waals surface area contributed by atoms with E-state index >= 15 is 0 Å². The molecule has 0 saturated carbocycles. The molecule has 104 valence electrons. The first-order valence-corrected chi connectivity index (χ1v) is 6.85. The van der Waals surface area contributed by atoms with Crippen LogP contribution in [-0.4, -0.2) is 25.8 Å². The Morgan fingerprint density at radius 3 is 2.47 bits per heavy atom. The van der Waals surface area contributed by atoms with Gasteiger partial charge in [-0.05, 0) is 25.5 Å². The fourth-order valence-corrected chi connectivity index (χ4v) is 1.77. The third-order valence-electron chi connectivity index (χ3n) is 2.68. The predicted molar refractivity (Wildman–Crippen MR) is 78.6 cm³/mol. The third kappa shape index (κ3) is 5.67. The zero-order valence-electron chi connectivity index (χ0n) is 11.8. The van der Waals surface area contributed by atoms with Crippen molar-refractivity contribution in [3.8, 4) is 23.8 Å². The molecule has 19 heavy (non-hydrogen) atoms. The lowest BCUT2D eigenvalue weighted by Crippen LogP contribution is -2.31. The van der Waals surface area contributed by atoms with Crippen LogP contribution in [0.4, 0.5) is 0 Å². The number of hydrogen-bond acceptors (Lipinski definition) is 3. The van der Waals surface area contributed by atoms with Gasteiger partial charge in [-0.2, -0.15) is 0 Å². The minimum absolute atomic E-state index is 0.135. The van der Waals surface area contributed by atoms with Crippen LogP contribution in [0, 0.1) is 12.3 Å². The van der Waals surface area contributed by atoms with Crippen LogP contribution in [-0.2, 0) is 0 Å². The van der Waals surface area contributed by atoms with E-state index in [0.717, 1.165) is 30.9 Å². The lowest BCUT2D eigenvalue weighted by Gasteiger charge is -2.14. The minimum Gasteiger partial charge on any atom is -0.490 e. The average molecular weight is 261 g/mol. The van der Waals surface area contributed by atoms with Crippen LogP contribution in [0.5, 0.6) is 11.5 Å². The number of para-hydroxylation sites is 2. The van der Waals surface area contributed by atoms with Gasteiger partial charge in [0.1, 0.15) is 6.61 Å². The van der Waals surface area contributed by atoms with Crippen LogP contribution in [0.15, 0.2) is 24.3 Å². The molecule has 0 amide bonds. The topological polar surface area (TPSA) is 30.5 Å². The molecule has 1 aromatic carbocycles. The van der Waals surface area contributed by atoms with Crippen molar-refractivity contribution < 1.29 is 9.47 Å². The van der Waals surface area contributed by atoms with Gasteiger partial charge >= 0.3 is 0 Å². The summed E-state index contributed by atoms with van der Waals surface area (Å²) in [6.07, 6.45) is 7.51. The summed E-state index contributed by atoms with van der Waals surface area (Å²) in [6, 6.07) is 7.83. The van der Waals surface area contributed by atoms with E-state index < -0.39 is 0 Å². The van der Waals surface area contributed by atoms with Crippen molar-refractivity contribution in [1.82, 2.24) is 5.32 Å². The summed E-state index contributed by atoms with van der Waals surface area (Å²) >= 11 is 0. The van der Waals surface area contributed by atoms with Crippen molar-refractivity contribution >= 4 is 0 Å². The van der Waals surface area contributed by atoms with Crippen molar-refractivity contribution in [3.05, 3.63) is 24.3 Å². The fraction of sp³-hybridized carbons (Fsp3) is 0.500. The highest BCUT2D eigenvalue weighted by Gasteiger charge is 2.04. The highest BCUT2D eigenvalue weighted by atomic mass is 16.5. The standard InChI is InChI=1S/C16H23NO2/c1-4-9-14(5-2)17-12-13-19-16-11-8-7-10-15(16)18-6-3/h2,7-8,10-11,14,17H,4,6,9,12-13H2,1,3H3. The van der Waals surface area contributed by atoms with Gasteiger partial charge in [0.25, 0.3) is 0 Å². The highest BCUT2D eigenvalue weighted by molar-refractivity contribution is 5.39. The Balaban J connectivity index is 2.35. The van der Waals surface area contributed by atoms with Crippen LogP contribution in [0.1, 0.15) is 26.7 Å². The van der Waals surface area contributed by atoms with E-state index in [1.165, 1.54) is 0 Å². The van der Waals surface area contributed by atoms with Crippen LogP contribution in [0.3, 0.4) is 0 Å². The van der Waals surface area contributed by atoms with Gasteiger partial charge < -0.3 is 14.8 Å². The molecule has 1 N–H and O–H groups in total. The van der Waals surface area contributed by atoms with Gasteiger partial charge in [-0.25, -0.2) is 0 Å². The molecule has 3 heteroatoms. The van der Waals surface area contributed by atoms with E-state index in [4.69, 9.17) is 15.9 Å². The summed E-state index contributed by atoms with van der Waals surface area (Å²) in [6.45, 7) is 6.02. The van der Waals surface area contributed by atoms with Crippen molar-refractivity contribution in [2.75, 3.05) is 19.8 Å². The molecular weight excluding hydrogens is 238 g/mol. The molecule has 1 rings (SSSR count). The van der Waals surface area contributed by atoms with E-state index in [9.17, 15) is 0 Å². The van der Waals surface area contributed by atoms with Crippen molar-refractivity contribution in [2.24, 2.45) is 0 Å². The average Bonchev–Trinajstić information content (AvgIpc) is 2.44. The van der Waals surface area contributed by atoms with Crippen molar-refractivity contribution in [1.29, 1.82) is 0 Å². The number of benzene rings is 1. The van der Waals surface area contributed by atoms with E-state index in [1.54, 1.807) is 0 Å². The molecule has 0 aliphatic rings. The Morgan fingerprint density at radius 2 is 1.89 bits per heavy atom. The Hall–Kier alpha value is -1.66. The molecule has 0 fully saturated rings. The first-order valence-electron chi connectivity index (χ1n) is 6.85. The molecule has 0 aromatic heterocycles. The maximum absolute atomic E-state index is 5.71. The first kappa shape index (κ1) is 15.4. The van der Waals surface area contributed by atoms with Crippen LogP contribution in [0.25, 0.3) is 0 Å². The van der Waals surface area contributed by atoms with E-state index in [1.807, 2.05) is 31.2 Å². The van der Waals surface area contributed by atoms with E-state index in [0.29, 0.717) is 13.2 Å². The molecule has 0 heterocycles. The third-order valence-corrected chi connectivity index (χ3v) is 2.68. The molecule has 1 atom stereocenters. The van der Waals surface area contributed by atoms with E-state index in [2.05, 4.69) is 18.2 Å². The Kier molecular flexibility index (Phi) is 7.53. The van der Waals surface area contributed by atoms with Gasteiger partial charge in [0.05, 0.1) is 12.6 Å². The summed E-state index contributed by atoms with van der Waals surface area (Å²) in [5, 5.41) is 3.29. The molecule has 0 aliphatic heterocycles. The largest absolute Gasteiger partial charge is 0.490 e. The molecule has 1 aromatic rings. The zero-order chi connectivity index (χ0) is 13.9. The van der Waals surface area contributed by atoms with Gasteiger partial charge in [0.2, 0.25) is 0 Å². The summed E-state index contributed by atoms with van der Waals surface area (Å²) in [4.78, 5) is 0. The number of nitrogens with one attached hydrogen (secondary N) is 1. The Morgan fingerprint density at radius 1 is 1.21 bits per heavy atom. The van der Waals surface area contributed by atoms with Crippen molar-refractivity contribution in [3.63, 3.8) is 0 Å². The summed E-state index contributed by atoms with van der Waals surface area (Å²) in [7, 11) is 0. The maximum Gasteiger partial charge on any atom is 0.161 e. The molecule has 0 aliphatic carbocycles. The van der Waals surface area contributed by atoms with Crippen LogP contribution < -0.4 is 14.8 Å². The summed E-state index contributed by atoms with van der Waals surface area (Å²) < 4.78 is 11.2. The number of terminal acetylenes is 1. The zero-order valence-corrected chi connectivity index (χ0v) is 11.8. The number of ether oxygens (including phenoxy) is 2.